The van der Waals surface area contributed by atoms with Crippen LogP contribution in [0.15, 0.2) is 206 Å². The Morgan fingerprint density at radius 1 is 0.421 bits per heavy atom. The molecule has 10 aromatic rings. The topological polar surface area (TPSA) is 8.17 Å². The number of hydrogen-bond acceptors (Lipinski definition) is 1. The highest BCUT2D eigenvalue weighted by atomic mass is 15.1. The van der Waals surface area contributed by atoms with E-state index in [1.165, 1.54) is 77.1 Å². The van der Waals surface area contributed by atoms with Crippen LogP contribution in [0, 0.1) is 0 Å². The lowest BCUT2D eigenvalue weighted by atomic mass is 9.82. The van der Waals surface area contributed by atoms with Crippen LogP contribution in [0.25, 0.3) is 71.6 Å². The summed E-state index contributed by atoms with van der Waals surface area (Å²) in [4.78, 5) is 2.51. The summed E-state index contributed by atoms with van der Waals surface area (Å²) < 4.78 is 2.48. The Kier molecular flexibility index (Phi) is 7.55. The molecule has 1 aliphatic carbocycles. The Bertz CT molecular complexity index is 3120. The van der Waals surface area contributed by atoms with Gasteiger partial charge in [0.15, 0.2) is 0 Å². The Labute approximate surface area is 333 Å². The van der Waals surface area contributed by atoms with Crippen molar-refractivity contribution in [2.75, 3.05) is 4.90 Å². The van der Waals surface area contributed by atoms with Crippen molar-refractivity contribution in [3.05, 3.63) is 217 Å². The van der Waals surface area contributed by atoms with E-state index in [1.807, 2.05) is 0 Å². The fourth-order valence-corrected chi connectivity index (χ4v) is 9.39. The summed E-state index contributed by atoms with van der Waals surface area (Å²) >= 11 is 0. The Balaban J connectivity index is 1.25. The molecule has 270 valence electrons. The molecule has 0 N–H and O–H groups in total. The molecule has 57 heavy (non-hydrogen) atoms. The maximum Gasteiger partial charge on any atom is 0.0640 e. The Morgan fingerprint density at radius 2 is 1.00 bits per heavy atom. The molecule has 9 aromatic carbocycles. The zero-order valence-corrected chi connectivity index (χ0v) is 32.0. The minimum absolute atomic E-state index is 0.141. The highest BCUT2D eigenvalue weighted by Crippen LogP contribution is 2.52. The van der Waals surface area contributed by atoms with Gasteiger partial charge in [0.25, 0.3) is 0 Å². The van der Waals surface area contributed by atoms with Gasteiger partial charge < -0.3 is 9.47 Å². The summed E-state index contributed by atoms with van der Waals surface area (Å²) in [5.74, 6) is 0. The molecule has 0 saturated heterocycles. The molecule has 1 aliphatic rings. The van der Waals surface area contributed by atoms with Gasteiger partial charge in [-0.05, 0) is 104 Å². The van der Waals surface area contributed by atoms with E-state index in [2.05, 4.69) is 230 Å². The standard InChI is InChI=1S/C55H40N2/c1-55(2)49-25-15-14-24-46(49)47-32-31-44(36-50(47)55)56(43-29-26-39(27-30-43)37-16-6-3-7-17-37)52-35-41-20-12-13-23-45(41)54-53(52)48-34-40(38-18-8-4-9-19-38)28-33-51(48)57(54)42-21-10-5-11-22-42/h3-36H,1-2H3. The highest BCUT2D eigenvalue weighted by molar-refractivity contribution is 6.25. The van der Waals surface area contributed by atoms with Gasteiger partial charge in [0.2, 0.25) is 0 Å². The van der Waals surface area contributed by atoms with Gasteiger partial charge in [0, 0.05) is 38.6 Å². The maximum atomic E-state index is 2.51. The second-order valence-electron chi connectivity index (χ2n) is 15.8. The van der Waals surface area contributed by atoms with Crippen LogP contribution in [-0.2, 0) is 5.41 Å². The lowest BCUT2D eigenvalue weighted by Crippen LogP contribution is -2.16. The van der Waals surface area contributed by atoms with Crippen molar-refractivity contribution in [1.29, 1.82) is 0 Å². The van der Waals surface area contributed by atoms with E-state index in [0.29, 0.717) is 0 Å². The van der Waals surface area contributed by atoms with Crippen LogP contribution in [0.2, 0.25) is 0 Å². The number of benzene rings is 9. The number of para-hydroxylation sites is 1. The first-order valence-electron chi connectivity index (χ1n) is 19.9. The van der Waals surface area contributed by atoms with Crippen molar-refractivity contribution in [3.8, 4) is 39.1 Å². The van der Waals surface area contributed by atoms with Gasteiger partial charge in [-0.1, -0.05) is 166 Å². The van der Waals surface area contributed by atoms with Crippen LogP contribution in [0.5, 0.6) is 0 Å². The minimum atomic E-state index is -0.141. The van der Waals surface area contributed by atoms with Crippen molar-refractivity contribution in [2.45, 2.75) is 19.3 Å². The Hall–Kier alpha value is -7.16. The van der Waals surface area contributed by atoms with E-state index in [0.717, 1.165) is 22.7 Å². The summed E-state index contributed by atoms with van der Waals surface area (Å²) in [5.41, 5.74) is 17.0. The van der Waals surface area contributed by atoms with E-state index in [4.69, 9.17) is 0 Å². The lowest BCUT2D eigenvalue weighted by Gasteiger charge is -2.29. The molecule has 0 saturated carbocycles. The summed E-state index contributed by atoms with van der Waals surface area (Å²) in [6.45, 7) is 4.74. The van der Waals surface area contributed by atoms with Gasteiger partial charge in [0.1, 0.15) is 0 Å². The molecule has 1 heterocycles. The molecule has 0 atom stereocenters. The highest BCUT2D eigenvalue weighted by Gasteiger charge is 2.36. The third-order valence-electron chi connectivity index (χ3n) is 12.2. The molecule has 11 rings (SSSR count). The number of rotatable bonds is 6. The van der Waals surface area contributed by atoms with Gasteiger partial charge in [-0.2, -0.15) is 0 Å². The average Bonchev–Trinajstić information content (AvgIpc) is 3.73. The molecule has 0 amide bonds. The van der Waals surface area contributed by atoms with E-state index in [1.54, 1.807) is 0 Å². The van der Waals surface area contributed by atoms with Crippen molar-refractivity contribution in [1.82, 2.24) is 4.57 Å². The zero-order valence-electron chi connectivity index (χ0n) is 32.0. The molecule has 1 aromatic heterocycles. The van der Waals surface area contributed by atoms with Crippen LogP contribution in [0.1, 0.15) is 25.0 Å². The molecule has 0 radical (unpaired) electrons. The predicted octanol–water partition coefficient (Wildman–Crippen LogP) is 15.0. The molecular formula is C55H40N2. The normalized spacial score (nSPS) is 12.9. The summed E-state index contributed by atoms with van der Waals surface area (Å²) in [6, 6.07) is 75.7. The van der Waals surface area contributed by atoms with Gasteiger partial charge in [0.05, 0.1) is 16.7 Å². The third kappa shape index (κ3) is 5.25. The second kappa shape index (κ2) is 13.0. The zero-order chi connectivity index (χ0) is 38.1. The fraction of sp³-hybridized carbons (Fsp3) is 0.0545. The first-order valence-corrected chi connectivity index (χ1v) is 19.9. The van der Waals surface area contributed by atoms with E-state index < -0.39 is 0 Å². The smallest absolute Gasteiger partial charge is 0.0640 e. The van der Waals surface area contributed by atoms with Crippen LogP contribution >= 0.6 is 0 Å². The number of fused-ring (bicyclic) bond motifs is 8. The first kappa shape index (κ1) is 33.2. The molecule has 0 unspecified atom stereocenters. The van der Waals surface area contributed by atoms with Crippen molar-refractivity contribution in [3.63, 3.8) is 0 Å². The maximum absolute atomic E-state index is 2.51. The van der Waals surface area contributed by atoms with Crippen LogP contribution < -0.4 is 4.90 Å². The monoisotopic (exact) mass is 728 g/mol. The quantitative estimate of drug-likeness (QED) is 0.165. The van der Waals surface area contributed by atoms with E-state index in [-0.39, 0.29) is 5.41 Å². The van der Waals surface area contributed by atoms with Crippen molar-refractivity contribution in [2.24, 2.45) is 0 Å². The molecular weight excluding hydrogens is 689 g/mol. The third-order valence-corrected chi connectivity index (χ3v) is 12.2. The van der Waals surface area contributed by atoms with Crippen LogP contribution in [-0.4, -0.2) is 4.57 Å². The molecule has 2 nitrogen and oxygen atoms in total. The van der Waals surface area contributed by atoms with E-state index >= 15 is 0 Å². The van der Waals surface area contributed by atoms with Gasteiger partial charge in [-0.15, -0.1) is 0 Å². The first-order chi connectivity index (χ1) is 28.0. The largest absolute Gasteiger partial charge is 0.310 e. The van der Waals surface area contributed by atoms with Crippen molar-refractivity contribution < 1.29 is 0 Å². The molecule has 0 spiro atoms. The minimum Gasteiger partial charge on any atom is -0.310 e. The second-order valence-corrected chi connectivity index (χ2v) is 15.8. The number of aromatic nitrogens is 1. The van der Waals surface area contributed by atoms with E-state index in [9.17, 15) is 0 Å². The molecule has 0 aliphatic heterocycles. The van der Waals surface area contributed by atoms with Gasteiger partial charge in [-0.25, -0.2) is 0 Å². The SMILES string of the molecule is CC1(C)c2ccccc2-c2ccc(N(c3ccc(-c4ccccc4)cc3)c3cc4ccccc4c4c3c3cc(-c5ccccc5)ccc3n4-c3ccccc3)cc21. The van der Waals surface area contributed by atoms with Gasteiger partial charge >= 0.3 is 0 Å². The number of anilines is 3. The summed E-state index contributed by atoms with van der Waals surface area (Å²) in [5, 5.41) is 4.86. The Morgan fingerprint density at radius 3 is 1.75 bits per heavy atom. The number of nitrogens with zero attached hydrogens (tertiary/aromatic N) is 2. The molecule has 0 bridgehead atoms. The van der Waals surface area contributed by atoms with Gasteiger partial charge in [-0.3, -0.25) is 0 Å². The fourth-order valence-electron chi connectivity index (χ4n) is 9.39. The van der Waals surface area contributed by atoms with Crippen molar-refractivity contribution >= 4 is 49.6 Å². The molecule has 2 heteroatoms. The lowest BCUT2D eigenvalue weighted by molar-refractivity contribution is 0.660. The summed E-state index contributed by atoms with van der Waals surface area (Å²) in [6.07, 6.45) is 0. The molecule has 0 fully saturated rings. The summed E-state index contributed by atoms with van der Waals surface area (Å²) in [7, 11) is 0. The van der Waals surface area contributed by atoms with Crippen LogP contribution in [0.3, 0.4) is 0 Å². The predicted molar refractivity (Wildman–Crippen MR) is 241 cm³/mol. The number of hydrogen-bond donors (Lipinski definition) is 0. The van der Waals surface area contributed by atoms with Crippen LogP contribution in [0.4, 0.5) is 17.1 Å². The average molecular weight is 729 g/mol.